The lowest BCUT2D eigenvalue weighted by Gasteiger charge is -2.18. The number of nitrogens with zero attached hydrogens (tertiary/aromatic N) is 1. The smallest absolute Gasteiger partial charge is 0.264 e. The van der Waals surface area contributed by atoms with Crippen molar-refractivity contribution >= 4 is 29.1 Å². The third-order valence-corrected chi connectivity index (χ3v) is 5.12. The van der Waals surface area contributed by atoms with E-state index in [0.717, 1.165) is 33.7 Å². The standard InChI is InChI=1S/C17H17N3O3S/c18-14(21)8-20(9-15(19)22)17(23)13-7-11-6-5-10-3-1-2-4-12(10)16(11)24-13/h1-4,7H,5-6,8-9H2,(H2,18,21)(H2,19,22). The van der Waals surface area contributed by atoms with E-state index in [9.17, 15) is 14.4 Å². The summed E-state index contributed by atoms with van der Waals surface area (Å²) in [5.41, 5.74) is 13.8. The first-order chi connectivity index (χ1) is 11.5. The van der Waals surface area contributed by atoms with Crippen LogP contribution in [0, 0.1) is 0 Å². The van der Waals surface area contributed by atoms with Crippen molar-refractivity contribution in [2.45, 2.75) is 12.8 Å². The minimum Gasteiger partial charge on any atom is -0.368 e. The fraction of sp³-hybridized carbons (Fsp3) is 0.235. The third-order valence-electron chi connectivity index (χ3n) is 3.93. The van der Waals surface area contributed by atoms with Crippen molar-refractivity contribution < 1.29 is 14.4 Å². The summed E-state index contributed by atoms with van der Waals surface area (Å²) in [5, 5.41) is 0. The molecule has 24 heavy (non-hydrogen) atoms. The van der Waals surface area contributed by atoms with Gasteiger partial charge in [0.15, 0.2) is 0 Å². The van der Waals surface area contributed by atoms with Gasteiger partial charge >= 0.3 is 0 Å². The van der Waals surface area contributed by atoms with Crippen LogP contribution in [0.25, 0.3) is 10.4 Å². The minimum absolute atomic E-state index is 0.332. The summed E-state index contributed by atoms with van der Waals surface area (Å²) in [6, 6.07) is 9.95. The lowest BCUT2D eigenvalue weighted by molar-refractivity contribution is -0.121. The van der Waals surface area contributed by atoms with Crippen molar-refractivity contribution in [3.05, 3.63) is 46.3 Å². The largest absolute Gasteiger partial charge is 0.368 e. The van der Waals surface area contributed by atoms with E-state index in [1.54, 1.807) is 0 Å². The van der Waals surface area contributed by atoms with Gasteiger partial charge in [-0.05, 0) is 35.6 Å². The molecule has 0 atom stereocenters. The highest BCUT2D eigenvalue weighted by Gasteiger charge is 2.25. The van der Waals surface area contributed by atoms with Gasteiger partial charge < -0.3 is 16.4 Å². The molecule has 0 radical (unpaired) electrons. The molecule has 3 amide bonds. The highest BCUT2D eigenvalue weighted by molar-refractivity contribution is 7.17. The Labute approximate surface area is 143 Å². The molecular formula is C17H17N3O3S. The molecule has 6 nitrogen and oxygen atoms in total. The zero-order valence-corrected chi connectivity index (χ0v) is 13.8. The van der Waals surface area contributed by atoms with Crippen molar-refractivity contribution in [1.82, 2.24) is 4.90 Å². The van der Waals surface area contributed by atoms with Gasteiger partial charge in [0.05, 0.1) is 4.88 Å². The van der Waals surface area contributed by atoms with E-state index in [1.165, 1.54) is 16.9 Å². The molecule has 4 N–H and O–H groups in total. The molecule has 1 aliphatic rings. The molecule has 0 spiro atoms. The van der Waals surface area contributed by atoms with Crippen LogP contribution < -0.4 is 11.5 Å². The molecule has 0 fully saturated rings. The number of aryl methyl sites for hydroxylation is 2. The van der Waals surface area contributed by atoms with E-state index < -0.39 is 17.7 Å². The maximum Gasteiger partial charge on any atom is 0.264 e. The molecule has 0 bridgehead atoms. The van der Waals surface area contributed by atoms with Gasteiger partial charge in [-0.25, -0.2) is 0 Å². The summed E-state index contributed by atoms with van der Waals surface area (Å²) in [5.74, 6) is -1.77. The summed E-state index contributed by atoms with van der Waals surface area (Å²) in [6.45, 7) is -0.665. The van der Waals surface area contributed by atoms with Crippen LogP contribution in [0.4, 0.5) is 0 Å². The summed E-state index contributed by atoms with van der Waals surface area (Å²) < 4.78 is 0. The van der Waals surface area contributed by atoms with Gasteiger partial charge in [-0.15, -0.1) is 11.3 Å². The molecule has 124 valence electrons. The first-order valence-electron chi connectivity index (χ1n) is 7.52. The van der Waals surface area contributed by atoms with Crippen molar-refractivity contribution in [1.29, 1.82) is 0 Å². The van der Waals surface area contributed by atoms with Crippen molar-refractivity contribution in [2.24, 2.45) is 11.5 Å². The highest BCUT2D eigenvalue weighted by atomic mass is 32.1. The van der Waals surface area contributed by atoms with E-state index in [0.29, 0.717) is 4.88 Å². The number of amides is 3. The first-order valence-corrected chi connectivity index (χ1v) is 8.34. The first kappa shape index (κ1) is 16.2. The molecule has 1 heterocycles. The average Bonchev–Trinajstić information content (AvgIpc) is 2.97. The van der Waals surface area contributed by atoms with Crippen LogP contribution in [0.15, 0.2) is 30.3 Å². The zero-order valence-electron chi connectivity index (χ0n) is 13.0. The number of primary amides is 2. The lowest BCUT2D eigenvalue weighted by Crippen LogP contribution is -2.43. The van der Waals surface area contributed by atoms with Gasteiger partial charge in [0, 0.05) is 4.88 Å². The maximum absolute atomic E-state index is 12.7. The van der Waals surface area contributed by atoms with Gasteiger partial charge in [-0.3, -0.25) is 14.4 Å². The second-order valence-corrected chi connectivity index (χ2v) is 6.77. The van der Waals surface area contributed by atoms with Crippen LogP contribution >= 0.6 is 11.3 Å². The Hall–Kier alpha value is -2.67. The van der Waals surface area contributed by atoms with Gasteiger partial charge in [-0.2, -0.15) is 0 Å². The predicted octanol–water partition coefficient (Wildman–Crippen LogP) is 0.926. The number of rotatable bonds is 5. The van der Waals surface area contributed by atoms with Gasteiger partial charge in [0.1, 0.15) is 13.1 Å². The van der Waals surface area contributed by atoms with E-state index in [1.807, 2.05) is 24.3 Å². The zero-order chi connectivity index (χ0) is 17.3. The number of carbonyl (C=O) groups excluding carboxylic acids is 3. The topological polar surface area (TPSA) is 106 Å². The van der Waals surface area contributed by atoms with E-state index >= 15 is 0 Å². The molecule has 7 heteroatoms. The van der Waals surface area contributed by atoms with Gasteiger partial charge in [0.2, 0.25) is 11.8 Å². The van der Waals surface area contributed by atoms with E-state index in [-0.39, 0.29) is 13.1 Å². The number of hydrogen-bond donors (Lipinski definition) is 2. The summed E-state index contributed by atoms with van der Waals surface area (Å²) >= 11 is 1.37. The molecule has 2 aromatic rings. The van der Waals surface area contributed by atoms with Crippen LogP contribution in [0.5, 0.6) is 0 Å². The molecular weight excluding hydrogens is 326 g/mol. The molecule has 0 saturated heterocycles. The number of hydrogen-bond acceptors (Lipinski definition) is 4. The second-order valence-electron chi connectivity index (χ2n) is 5.72. The average molecular weight is 343 g/mol. The quantitative estimate of drug-likeness (QED) is 0.843. The number of fused-ring (bicyclic) bond motifs is 3. The van der Waals surface area contributed by atoms with Crippen molar-refractivity contribution in [3.63, 3.8) is 0 Å². The number of nitrogens with two attached hydrogens (primary N) is 2. The molecule has 0 saturated carbocycles. The monoisotopic (exact) mass is 343 g/mol. The SMILES string of the molecule is NC(=O)CN(CC(N)=O)C(=O)c1cc2c(s1)-c1ccccc1CC2. The third kappa shape index (κ3) is 3.16. The van der Waals surface area contributed by atoms with Crippen molar-refractivity contribution in [3.8, 4) is 10.4 Å². The van der Waals surface area contributed by atoms with Crippen LogP contribution in [0.1, 0.15) is 20.8 Å². The van der Waals surface area contributed by atoms with Crippen molar-refractivity contribution in [2.75, 3.05) is 13.1 Å². The minimum atomic E-state index is -0.684. The summed E-state index contributed by atoms with van der Waals surface area (Å²) in [4.78, 5) is 37.6. The number of benzene rings is 1. The maximum atomic E-state index is 12.7. The van der Waals surface area contributed by atoms with E-state index in [4.69, 9.17) is 11.5 Å². The van der Waals surface area contributed by atoms with Gasteiger partial charge in [-0.1, -0.05) is 24.3 Å². The van der Waals surface area contributed by atoms with Crippen LogP contribution in [0.2, 0.25) is 0 Å². The number of thiophene rings is 1. The molecule has 3 rings (SSSR count). The summed E-state index contributed by atoms with van der Waals surface area (Å²) in [7, 11) is 0. The number of carbonyl (C=O) groups is 3. The Bertz CT molecular complexity index is 812. The van der Waals surface area contributed by atoms with Crippen LogP contribution in [-0.2, 0) is 22.4 Å². The molecule has 1 aromatic carbocycles. The van der Waals surface area contributed by atoms with Crippen LogP contribution in [-0.4, -0.2) is 35.7 Å². The Kier molecular flexibility index (Phi) is 4.35. The molecule has 0 unspecified atom stereocenters. The Morgan fingerprint density at radius 1 is 1.00 bits per heavy atom. The molecule has 0 aliphatic heterocycles. The lowest BCUT2D eigenvalue weighted by atomic mass is 9.91. The fourth-order valence-electron chi connectivity index (χ4n) is 2.91. The Morgan fingerprint density at radius 2 is 1.62 bits per heavy atom. The fourth-order valence-corrected chi connectivity index (χ4v) is 4.15. The molecule has 1 aromatic heterocycles. The predicted molar refractivity (Wildman–Crippen MR) is 91.5 cm³/mol. The molecule has 1 aliphatic carbocycles. The van der Waals surface area contributed by atoms with E-state index in [2.05, 4.69) is 6.07 Å². The normalized spacial score (nSPS) is 12.2. The summed E-state index contributed by atoms with van der Waals surface area (Å²) in [6.07, 6.45) is 1.79. The Morgan fingerprint density at radius 3 is 2.29 bits per heavy atom. The van der Waals surface area contributed by atoms with Crippen LogP contribution in [0.3, 0.4) is 0 Å². The Balaban J connectivity index is 1.93. The highest BCUT2D eigenvalue weighted by Crippen LogP contribution is 2.39. The second kappa shape index (κ2) is 6.45. The van der Waals surface area contributed by atoms with Gasteiger partial charge in [0.25, 0.3) is 5.91 Å².